The standard InChI is InChI=1S/C15H19Cl2NO4/c1-8(2)22-13-7-12(10(16)6-11(13)17)18-14(19)4-9(3)5-15(20)21/h6-9H,4-5H2,1-3H3,(H,18,19)(H,20,21). The zero-order valence-electron chi connectivity index (χ0n) is 12.7. The van der Waals surface area contributed by atoms with Gasteiger partial charge in [-0.1, -0.05) is 30.1 Å². The Balaban J connectivity index is 2.79. The molecular weight excluding hydrogens is 329 g/mol. The molecule has 0 aliphatic carbocycles. The summed E-state index contributed by atoms with van der Waals surface area (Å²) in [6.07, 6.45) is -0.0485. The van der Waals surface area contributed by atoms with Crippen LogP contribution >= 0.6 is 23.2 Å². The summed E-state index contributed by atoms with van der Waals surface area (Å²) in [5.74, 6) is -1.09. The van der Waals surface area contributed by atoms with Crippen molar-refractivity contribution < 1.29 is 19.4 Å². The van der Waals surface area contributed by atoms with Crippen molar-refractivity contribution in [3.63, 3.8) is 0 Å². The molecule has 2 N–H and O–H groups in total. The monoisotopic (exact) mass is 347 g/mol. The number of carbonyl (C=O) groups excluding carboxylic acids is 1. The molecule has 1 aromatic carbocycles. The Labute approximate surface area is 139 Å². The molecule has 1 unspecified atom stereocenters. The summed E-state index contributed by atoms with van der Waals surface area (Å²) in [5.41, 5.74) is 0.384. The predicted octanol–water partition coefficient (Wildman–Crippen LogP) is 4.22. The fourth-order valence-electron chi connectivity index (χ4n) is 1.86. The van der Waals surface area contributed by atoms with Crippen molar-refractivity contribution in [3.8, 4) is 5.75 Å². The van der Waals surface area contributed by atoms with Crippen LogP contribution in [-0.2, 0) is 9.59 Å². The molecule has 0 saturated carbocycles. The summed E-state index contributed by atoms with van der Waals surface area (Å²) in [6, 6.07) is 3.06. The van der Waals surface area contributed by atoms with E-state index in [0.29, 0.717) is 21.5 Å². The molecule has 0 heterocycles. The summed E-state index contributed by atoms with van der Waals surface area (Å²) in [4.78, 5) is 22.5. The maximum Gasteiger partial charge on any atom is 0.303 e. The normalized spacial score (nSPS) is 12.1. The molecule has 1 amide bonds. The van der Waals surface area contributed by atoms with Gasteiger partial charge in [0.05, 0.1) is 21.8 Å². The molecule has 0 aromatic heterocycles. The van der Waals surface area contributed by atoms with Crippen molar-refractivity contribution in [1.82, 2.24) is 0 Å². The highest BCUT2D eigenvalue weighted by atomic mass is 35.5. The van der Waals surface area contributed by atoms with E-state index in [9.17, 15) is 9.59 Å². The second kappa shape index (κ2) is 8.25. The first-order valence-corrected chi connectivity index (χ1v) is 7.62. The van der Waals surface area contributed by atoms with E-state index in [2.05, 4.69) is 5.32 Å². The smallest absolute Gasteiger partial charge is 0.303 e. The van der Waals surface area contributed by atoms with E-state index in [-0.39, 0.29) is 30.8 Å². The highest BCUT2D eigenvalue weighted by Gasteiger charge is 2.15. The van der Waals surface area contributed by atoms with Gasteiger partial charge in [-0.3, -0.25) is 9.59 Å². The van der Waals surface area contributed by atoms with Gasteiger partial charge in [-0.15, -0.1) is 0 Å². The molecule has 0 aliphatic rings. The number of hydrogen-bond donors (Lipinski definition) is 2. The zero-order chi connectivity index (χ0) is 16.9. The third kappa shape index (κ3) is 6.12. The lowest BCUT2D eigenvalue weighted by molar-refractivity contribution is -0.138. The summed E-state index contributed by atoms with van der Waals surface area (Å²) < 4.78 is 5.54. The van der Waals surface area contributed by atoms with Gasteiger partial charge in [-0.05, 0) is 25.8 Å². The van der Waals surface area contributed by atoms with Gasteiger partial charge in [0.15, 0.2) is 0 Å². The van der Waals surface area contributed by atoms with E-state index >= 15 is 0 Å². The Bertz CT molecular complexity index is 561. The van der Waals surface area contributed by atoms with Crippen molar-refractivity contribution in [1.29, 1.82) is 0 Å². The number of benzene rings is 1. The van der Waals surface area contributed by atoms with Crippen LogP contribution in [0.3, 0.4) is 0 Å². The number of carbonyl (C=O) groups is 2. The van der Waals surface area contributed by atoms with Crippen LogP contribution in [0.25, 0.3) is 0 Å². The summed E-state index contributed by atoms with van der Waals surface area (Å²) in [7, 11) is 0. The van der Waals surface area contributed by atoms with Gasteiger partial charge in [0.1, 0.15) is 5.75 Å². The number of ether oxygens (including phenoxy) is 1. The Hall–Kier alpha value is -1.46. The molecule has 1 rings (SSSR count). The predicted molar refractivity (Wildman–Crippen MR) is 86.9 cm³/mol. The molecule has 0 saturated heterocycles. The molecule has 0 spiro atoms. The molecule has 0 fully saturated rings. The molecule has 1 atom stereocenters. The molecule has 1 aromatic rings. The minimum absolute atomic E-state index is 0.0660. The van der Waals surface area contributed by atoms with Gasteiger partial charge in [0.2, 0.25) is 5.91 Å². The average molecular weight is 348 g/mol. The number of halogens is 2. The maximum atomic E-state index is 11.9. The van der Waals surface area contributed by atoms with Gasteiger partial charge in [0, 0.05) is 18.9 Å². The SMILES string of the molecule is CC(CC(=O)O)CC(=O)Nc1cc(OC(C)C)c(Cl)cc1Cl. The Kier molecular flexibility index (Phi) is 6.97. The largest absolute Gasteiger partial charge is 0.489 e. The average Bonchev–Trinajstić information content (AvgIpc) is 2.33. The second-order valence-electron chi connectivity index (χ2n) is 5.38. The Morgan fingerprint density at radius 3 is 2.36 bits per heavy atom. The second-order valence-corrected chi connectivity index (χ2v) is 6.20. The van der Waals surface area contributed by atoms with E-state index in [1.54, 1.807) is 13.0 Å². The number of amides is 1. The molecule has 0 aliphatic heterocycles. The Morgan fingerprint density at radius 1 is 1.18 bits per heavy atom. The highest BCUT2D eigenvalue weighted by molar-refractivity contribution is 6.37. The van der Waals surface area contributed by atoms with Crippen molar-refractivity contribution in [2.24, 2.45) is 5.92 Å². The molecule has 22 heavy (non-hydrogen) atoms. The maximum absolute atomic E-state index is 11.9. The van der Waals surface area contributed by atoms with E-state index in [0.717, 1.165) is 0 Å². The third-order valence-electron chi connectivity index (χ3n) is 2.72. The number of anilines is 1. The number of aliphatic carboxylic acids is 1. The van der Waals surface area contributed by atoms with E-state index in [4.69, 9.17) is 33.0 Å². The molecule has 7 heteroatoms. The topological polar surface area (TPSA) is 75.6 Å². The number of carboxylic acids is 1. The van der Waals surface area contributed by atoms with Crippen LogP contribution in [0.2, 0.25) is 10.0 Å². The van der Waals surface area contributed by atoms with E-state index < -0.39 is 5.97 Å². The number of carboxylic acid groups (broad SMARTS) is 1. The number of hydrogen-bond acceptors (Lipinski definition) is 3. The van der Waals surface area contributed by atoms with E-state index in [1.807, 2.05) is 13.8 Å². The molecular formula is C15H19Cl2NO4. The minimum atomic E-state index is -0.933. The van der Waals surface area contributed by atoms with Crippen molar-refractivity contribution in [3.05, 3.63) is 22.2 Å². The minimum Gasteiger partial charge on any atom is -0.489 e. The molecule has 0 bridgehead atoms. The van der Waals surface area contributed by atoms with Crippen molar-refractivity contribution >= 4 is 40.8 Å². The van der Waals surface area contributed by atoms with E-state index in [1.165, 1.54) is 6.07 Å². The van der Waals surface area contributed by atoms with Crippen LogP contribution in [0.15, 0.2) is 12.1 Å². The van der Waals surface area contributed by atoms with Crippen LogP contribution in [0.4, 0.5) is 5.69 Å². The van der Waals surface area contributed by atoms with Gasteiger partial charge in [-0.2, -0.15) is 0 Å². The lowest BCUT2D eigenvalue weighted by Gasteiger charge is -2.15. The van der Waals surface area contributed by atoms with Gasteiger partial charge < -0.3 is 15.2 Å². The summed E-state index contributed by atoms with van der Waals surface area (Å²) in [5, 5.41) is 12.0. The lowest BCUT2D eigenvalue weighted by Crippen LogP contribution is -2.17. The third-order valence-corrected chi connectivity index (χ3v) is 3.32. The van der Waals surface area contributed by atoms with Gasteiger partial charge in [0.25, 0.3) is 0 Å². The fourth-order valence-corrected chi connectivity index (χ4v) is 2.33. The lowest BCUT2D eigenvalue weighted by atomic mass is 10.0. The zero-order valence-corrected chi connectivity index (χ0v) is 14.2. The molecule has 122 valence electrons. The van der Waals surface area contributed by atoms with Crippen LogP contribution in [0.5, 0.6) is 5.75 Å². The highest BCUT2D eigenvalue weighted by Crippen LogP contribution is 2.35. The van der Waals surface area contributed by atoms with Crippen LogP contribution < -0.4 is 10.1 Å². The number of nitrogens with one attached hydrogen (secondary N) is 1. The fraction of sp³-hybridized carbons (Fsp3) is 0.467. The van der Waals surface area contributed by atoms with Crippen molar-refractivity contribution in [2.45, 2.75) is 39.7 Å². The quantitative estimate of drug-likeness (QED) is 0.774. The number of rotatable bonds is 7. The molecule has 5 nitrogen and oxygen atoms in total. The summed E-state index contributed by atoms with van der Waals surface area (Å²) >= 11 is 12.1. The van der Waals surface area contributed by atoms with Crippen molar-refractivity contribution in [2.75, 3.05) is 5.32 Å². The van der Waals surface area contributed by atoms with Crippen LogP contribution in [0.1, 0.15) is 33.6 Å². The van der Waals surface area contributed by atoms with Gasteiger partial charge >= 0.3 is 5.97 Å². The first-order chi connectivity index (χ1) is 10.2. The van der Waals surface area contributed by atoms with Crippen LogP contribution in [-0.4, -0.2) is 23.1 Å². The first-order valence-electron chi connectivity index (χ1n) is 6.86. The first kappa shape index (κ1) is 18.6. The summed E-state index contributed by atoms with van der Waals surface area (Å²) in [6.45, 7) is 5.41. The van der Waals surface area contributed by atoms with Gasteiger partial charge in [-0.25, -0.2) is 0 Å². The molecule has 0 radical (unpaired) electrons. The van der Waals surface area contributed by atoms with Crippen LogP contribution in [0, 0.1) is 5.92 Å². The Morgan fingerprint density at radius 2 is 1.82 bits per heavy atom.